The number of anilines is 1. The predicted molar refractivity (Wildman–Crippen MR) is 174 cm³/mol. The summed E-state index contributed by atoms with van der Waals surface area (Å²) in [6.45, 7) is 7.19. The van der Waals surface area contributed by atoms with E-state index in [9.17, 15) is 8.42 Å². The van der Waals surface area contributed by atoms with Gasteiger partial charge in [0, 0.05) is 52.2 Å². The largest absolute Gasteiger partial charge is 0.328 e. The molecule has 0 saturated carbocycles. The second-order valence-corrected chi connectivity index (χ2v) is 15.2. The van der Waals surface area contributed by atoms with Gasteiger partial charge in [-0.15, -0.1) is 0 Å². The summed E-state index contributed by atoms with van der Waals surface area (Å²) in [5.41, 5.74) is 9.42. The molecule has 3 aromatic rings. The molecule has 2 fully saturated rings. The van der Waals surface area contributed by atoms with E-state index in [0.717, 1.165) is 61.2 Å². The lowest BCUT2D eigenvalue weighted by atomic mass is 9.83. The number of piperidine rings is 2. The first-order chi connectivity index (χ1) is 21.4. The number of sulfonamides is 1. The first kappa shape index (κ1) is 27.8. The lowest BCUT2D eigenvalue weighted by Crippen LogP contribution is -2.42. The summed E-state index contributed by atoms with van der Waals surface area (Å²) < 4.78 is 46.3. The normalized spacial score (nSPS) is 24.4. The molecule has 3 N–H and O–H groups in total. The van der Waals surface area contributed by atoms with Crippen molar-refractivity contribution >= 4 is 26.7 Å². The summed E-state index contributed by atoms with van der Waals surface area (Å²) in [5.74, 6) is 1.20. The molecule has 0 radical (unpaired) electrons. The number of nitrogens with two attached hydrogens (primary N) is 1. The molecule has 2 unspecified atom stereocenters. The van der Waals surface area contributed by atoms with E-state index in [4.69, 9.17) is 13.6 Å². The van der Waals surface area contributed by atoms with E-state index in [-0.39, 0.29) is 11.5 Å². The number of nitrogens with one attached hydrogen (secondary N) is 1. The van der Waals surface area contributed by atoms with Crippen molar-refractivity contribution in [3.63, 3.8) is 0 Å². The predicted octanol–water partition coefficient (Wildman–Crippen LogP) is 4.01. The maximum Gasteiger partial charge on any atom is 0.243 e. The van der Waals surface area contributed by atoms with Crippen molar-refractivity contribution in [2.75, 3.05) is 50.8 Å². The van der Waals surface area contributed by atoms with Crippen LogP contribution in [0.1, 0.15) is 59.3 Å². The van der Waals surface area contributed by atoms with E-state index >= 15 is 0 Å². The molecule has 0 spiro atoms. The van der Waals surface area contributed by atoms with E-state index < -0.39 is 23.2 Å². The van der Waals surface area contributed by atoms with Crippen LogP contribution in [-0.4, -0.2) is 79.3 Å². The molecule has 4 heterocycles. The smallest absolute Gasteiger partial charge is 0.243 e. The SMILES string of the molecule is [2H]C1C=CN(c2nn(C)c3cc(C4CCN(CC(C)(C)Cc5cccc(S(=O)(=O)N6CCC(N)CC6)c5)CC4)ccc23)C([2H])N1. The van der Waals surface area contributed by atoms with Crippen molar-refractivity contribution in [3.05, 3.63) is 65.9 Å². The van der Waals surface area contributed by atoms with Crippen molar-refractivity contribution in [3.8, 4) is 0 Å². The van der Waals surface area contributed by atoms with Crippen LogP contribution in [0.4, 0.5) is 5.82 Å². The Morgan fingerprint density at radius 1 is 1.07 bits per heavy atom. The Hall–Kier alpha value is -2.76. The van der Waals surface area contributed by atoms with Crippen molar-refractivity contribution < 1.29 is 11.2 Å². The van der Waals surface area contributed by atoms with E-state index in [1.54, 1.807) is 27.5 Å². The molecule has 1 aromatic heterocycles. The van der Waals surface area contributed by atoms with Gasteiger partial charge in [0.15, 0.2) is 5.82 Å². The standard InChI is InChI=1S/C33H47N7O2S/c1-33(2,22-25-6-4-7-29(20-25)43(41,42)40-18-12-28(34)13-19-40)23-38-16-10-26(11-17-38)27-8-9-30-31(21-27)37(3)36-32(30)39-15-5-14-35-24-39/h4-9,15,20-21,26,28,35H,10-14,16-19,22-24,34H2,1-3H3/i14D,24D. The fourth-order valence-corrected chi connectivity index (χ4v) is 8.45. The van der Waals surface area contributed by atoms with Crippen LogP contribution in [0, 0.1) is 5.41 Å². The van der Waals surface area contributed by atoms with Crippen LogP contribution in [0.2, 0.25) is 0 Å². The molecule has 6 rings (SSSR count). The van der Waals surface area contributed by atoms with Gasteiger partial charge in [-0.2, -0.15) is 9.40 Å². The van der Waals surface area contributed by atoms with Gasteiger partial charge in [0.1, 0.15) is 0 Å². The van der Waals surface area contributed by atoms with Crippen LogP contribution < -0.4 is 16.0 Å². The number of fused-ring (bicyclic) bond motifs is 1. The Morgan fingerprint density at radius 3 is 2.58 bits per heavy atom. The minimum atomic E-state index is -3.51. The van der Waals surface area contributed by atoms with Gasteiger partial charge in [-0.05, 0) is 91.9 Å². The van der Waals surface area contributed by atoms with Crippen molar-refractivity contribution in [1.82, 2.24) is 24.3 Å². The van der Waals surface area contributed by atoms with Gasteiger partial charge in [0.25, 0.3) is 0 Å². The summed E-state index contributed by atoms with van der Waals surface area (Å²) >= 11 is 0. The summed E-state index contributed by atoms with van der Waals surface area (Å²) in [6.07, 6.45) is 7.89. The molecule has 2 saturated heterocycles. The highest BCUT2D eigenvalue weighted by atomic mass is 32.2. The Balaban J connectivity index is 1.07. The van der Waals surface area contributed by atoms with Gasteiger partial charge >= 0.3 is 0 Å². The minimum absolute atomic E-state index is 0.00934. The van der Waals surface area contributed by atoms with Crippen molar-refractivity contribution in [2.24, 2.45) is 18.2 Å². The van der Waals surface area contributed by atoms with Crippen LogP contribution in [0.15, 0.2) is 59.6 Å². The lowest BCUT2D eigenvalue weighted by Gasteiger charge is -2.38. The lowest BCUT2D eigenvalue weighted by molar-refractivity contribution is 0.143. The van der Waals surface area contributed by atoms with Crippen LogP contribution in [0.5, 0.6) is 0 Å². The van der Waals surface area contributed by atoms with Crippen molar-refractivity contribution in [1.29, 1.82) is 0 Å². The Kier molecular flexibility index (Phi) is 7.96. The summed E-state index contributed by atoms with van der Waals surface area (Å²) in [7, 11) is -1.56. The molecule has 0 aliphatic carbocycles. The van der Waals surface area contributed by atoms with E-state index in [0.29, 0.717) is 36.7 Å². The third kappa shape index (κ3) is 6.68. The zero-order chi connectivity index (χ0) is 31.9. The molecule has 9 nitrogen and oxygen atoms in total. The molecule has 0 bridgehead atoms. The number of nitrogens with zero attached hydrogens (tertiary/aromatic N) is 5. The molecule has 2 atom stereocenters. The first-order valence-corrected chi connectivity index (χ1v) is 16.9. The van der Waals surface area contributed by atoms with Gasteiger partial charge in [0.2, 0.25) is 10.0 Å². The van der Waals surface area contributed by atoms with Crippen LogP contribution >= 0.6 is 0 Å². The molecule has 3 aliphatic rings. The topological polar surface area (TPSA) is 99.7 Å². The third-order valence-electron chi connectivity index (χ3n) is 9.18. The average molecular weight is 608 g/mol. The van der Waals surface area contributed by atoms with E-state index in [2.05, 4.69) is 42.3 Å². The molecular formula is C33H47N7O2S. The zero-order valence-corrected chi connectivity index (χ0v) is 26.4. The van der Waals surface area contributed by atoms with Crippen LogP contribution in [-0.2, 0) is 23.5 Å². The molecule has 0 amide bonds. The summed E-state index contributed by atoms with van der Waals surface area (Å²) in [6, 6.07) is 14.2. The van der Waals surface area contributed by atoms with Gasteiger partial charge in [-0.25, -0.2) is 8.42 Å². The third-order valence-corrected chi connectivity index (χ3v) is 11.1. The highest BCUT2D eigenvalue weighted by molar-refractivity contribution is 7.89. The fourth-order valence-electron chi connectivity index (χ4n) is 6.91. The molecule has 3 aliphatic heterocycles. The summed E-state index contributed by atoms with van der Waals surface area (Å²) in [5, 5.41) is 8.64. The Morgan fingerprint density at radius 2 is 1.84 bits per heavy atom. The number of rotatable bonds is 8. The Labute approximate surface area is 259 Å². The monoisotopic (exact) mass is 607 g/mol. The van der Waals surface area contributed by atoms with E-state index in [1.165, 1.54) is 5.56 Å². The van der Waals surface area contributed by atoms with Gasteiger partial charge in [-0.3, -0.25) is 10.00 Å². The fraction of sp³-hybridized carbons (Fsp3) is 0.545. The maximum absolute atomic E-state index is 13.3. The number of benzene rings is 2. The number of hydrogen-bond donors (Lipinski definition) is 2. The minimum Gasteiger partial charge on any atom is -0.328 e. The van der Waals surface area contributed by atoms with Gasteiger partial charge < -0.3 is 15.5 Å². The van der Waals surface area contributed by atoms with Crippen LogP contribution in [0.25, 0.3) is 10.9 Å². The number of hydrogen-bond acceptors (Lipinski definition) is 7. The Bertz CT molecular complexity index is 1640. The maximum atomic E-state index is 13.3. The quantitative estimate of drug-likeness (QED) is 0.399. The zero-order valence-electron chi connectivity index (χ0n) is 27.6. The molecular weight excluding hydrogens is 558 g/mol. The van der Waals surface area contributed by atoms with E-state index in [1.807, 2.05) is 29.9 Å². The number of aryl methyl sites for hydroxylation is 1. The number of aromatic nitrogens is 2. The molecule has 10 heteroatoms. The van der Waals surface area contributed by atoms with Gasteiger partial charge in [-0.1, -0.05) is 38.1 Å². The first-order valence-electron chi connectivity index (χ1n) is 16.7. The molecule has 43 heavy (non-hydrogen) atoms. The molecule has 232 valence electrons. The van der Waals surface area contributed by atoms with Crippen molar-refractivity contribution in [2.45, 2.75) is 62.8 Å². The highest BCUT2D eigenvalue weighted by Gasteiger charge is 2.30. The summed E-state index contributed by atoms with van der Waals surface area (Å²) in [4.78, 5) is 4.71. The average Bonchev–Trinajstić information content (AvgIpc) is 3.32. The van der Waals surface area contributed by atoms with Crippen LogP contribution in [0.3, 0.4) is 0 Å². The second-order valence-electron chi connectivity index (χ2n) is 13.2. The molecule has 2 aromatic carbocycles. The second kappa shape index (κ2) is 12.3. The number of likely N-dealkylation sites (tertiary alicyclic amines) is 1. The highest BCUT2D eigenvalue weighted by Crippen LogP contribution is 2.35. The van der Waals surface area contributed by atoms with Gasteiger partial charge in [0.05, 0.1) is 18.4 Å².